The highest BCUT2D eigenvalue weighted by Gasteiger charge is 2.31. The van der Waals surface area contributed by atoms with E-state index in [1.54, 1.807) is 0 Å². The lowest BCUT2D eigenvalue weighted by Gasteiger charge is -2.37. The Morgan fingerprint density at radius 2 is 1.95 bits per heavy atom. The molecule has 1 amide bonds. The third-order valence-corrected chi connectivity index (χ3v) is 3.76. The highest BCUT2D eigenvalue weighted by atomic mass is 16.5. The summed E-state index contributed by atoms with van der Waals surface area (Å²) in [5.74, 6) is 0.716. The molecule has 1 aliphatic heterocycles. The molecule has 1 saturated heterocycles. The van der Waals surface area contributed by atoms with E-state index in [-0.39, 0.29) is 11.8 Å². The largest absolute Gasteiger partial charge is 0.361 e. The van der Waals surface area contributed by atoms with Crippen molar-refractivity contribution in [2.75, 3.05) is 13.1 Å². The predicted octanol–water partition coefficient (Wildman–Crippen LogP) is 1.60. The van der Waals surface area contributed by atoms with Crippen LogP contribution in [0, 0.1) is 13.8 Å². The second-order valence-electron chi connectivity index (χ2n) is 5.67. The maximum absolute atomic E-state index is 12.6. The minimum Gasteiger partial charge on any atom is -0.361 e. The van der Waals surface area contributed by atoms with Gasteiger partial charge < -0.3 is 14.7 Å². The quantitative estimate of drug-likeness (QED) is 0.882. The van der Waals surface area contributed by atoms with Gasteiger partial charge in [0.25, 0.3) is 0 Å². The van der Waals surface area contributed by atoms with Crippen LogP contribution in [0.5, 0.6) is 0 Å². The van der Waals surface area contributed by atoms with Gasteiger partial charge in [0.15, 0.2) is 0 Å². The average molecular weight is 265 g/mol. The normalized spacial score (nSPS) is 25.4. The molecular formula is C14H23N3O2. The van der Waals surface area contributed by atoms with E-state index in [2.05, 4.69) is 24.3 Å². The van der Waals surface area contributed by atoms with E-state index in [1.807, 2.05) is 25.7 Å². The van der Waals surface area contributed by atoms with Gasteiger partial charge in [-0.05, 0) is 34.6 Å². The van der Waals surface area contributed by atoms with Gasteiger partial charge in [0.1, 0.15) is 5.76 Å². The molecule has 0 aliphatic carbocycles. The molecule has 106 valence electrons. The monoisotopic (exact) mass is 265 g/mol. The molecule has 19 heavy (non-hydrogen) atoms. The number of nitrogens with zero attached hydrogens (tertiary/aromatic N) is 2. The molecule has 1 aromatic rings. The Hall–Kier alpha value is -1.36. The zero-order valence-electron chi connectivity index (χ0n) is 12.4. The molecule has 1 N–H and O–H groups in total. The third kappa shape index (κ3) is 2.81. The number of piperazine rings is 1. The first-order valence-corrected chi connectivity index (χ1v) is 6.87. The highest BCUT2D eigenvalue weighted by molar-refractivity contribution is 5.84. The van der Waals surface area contributed by atoms with E-state index in [1.165, 1.54) is 0 Å². The van der Waals surface area contributed by atoms with Crippen LogP contribution < -0.4 is 5.32 Å². The van der Waals surface area contributed by atoms with Crippen LogP contribution in [0.25, 0.3) is 0 Å². The number of hydrogen-bond donors (Lipinski definition) is 1. The fraction of sp³-hybridized carbons (Fsp3) is 0.714. The van der Waals surface area contributed by atoms with Crippen molar-refractivity contribution in [1.29, 1.82) is 0 Å². The number of rotatable bonds is 2. The topological polar surface area (TPSA) is 58.4 Å². The second kappa shape index (κ2) is 5.33. The van der Waals surface area contributed by atoms with Gasteiger partial charge in [-0.2, -0.15) is 0 Å². The number of hydrogen-bond acceptors (Lipinski definition) is 4. The SMILES string of the molecule is Cc1noc(C)c1[C@H](C)C(=O)N1C[C@@H](C)N[C@H](C)C1. The number of amides is 1. The maximum atomic E-state index is 12.6. The van der Waals surface area contributed by atoms with E-state index in [0.717, 1.165) is 30.1 Å². The predicted molar refractivity (Wildman–Crippen MR) is 73.0 cm³/mol. The fourth-order valence-corrected chi connectivity index (χ4v) is 3.01. The van der Waals surface area contributed by atoms with Crippen molar-refractivity contribution in [2.45, 2.75) is 52.6 Å². The lowest BCUT2D eigenvalue weighted by Crippen LogP contribution is -2.56. The van der Waals surface area contributed by atoms with Crippen molar-refractivity contribution in [2.24, 2.45) is 0 Å². The fourth-order valence-electron chi connectivity index (χ4n) is 3.01. The summed E-state index contributed by atoms with van der Waals surface area (Å²) in [6.45, 7) is 11.4. The lowest BCUT2D eigenvalue weighted by molar-refractivity contribution is -0.134. The molecule has 0 aromatic carbocycles. The van der Waals surface area contributed by atoms with Crippen molar-refractivity contribution in [3.05, 3.63) is 17.0 Å². The molecule has 0 saturated carbocycles. The van der Waals surface area contributed by atoms with E-state index < -0.39 is 0 Å². The Kier molecular flexibility index (Phi) is 3.94. The minimum atomic E-state index is -0.191. The standard InChI is InChI=1S/C14H23N3O2/c1-8-6-17(7-9(2)15-8)14(18)10(3)13-11(4)16-19-12(13)5/h8-10,15H,6-7H2,1-5H3/t8-,9-,10+/m1/s1. The van der Waals surface area contributed by atoms with Crippen LogP contribution in [0.1, 0.15) is 43.7 Å². The molecule has 1 aliphatic rings. The summed E-state index contributed by atoms with van der Waals surface area (Å²) in [5.41, 5.74) is 1.75. The summed E-state index contributed by atoms with van der Waals surface area (Å²) >= 11 is 0. The Balaban J connectivity index is 2.15. The Labute approximate surface area is 114 Å². The molecule has 2 heterocycles. The van der Waals surface area contributed by atoms with E-state index in [4.69, 9.17) is 4.52 Å². The maximum Gasteiger partial charge on any atom is 0.230 e. The highest BCUT2D eigenvalue weighted by Crippen LogP contribution is 2.25. The molecule has 1 fully saturated rings. The number of nitrogens with one attached hydrogen (secondary N) is 1. The Morgan fingerprint density at radius 1 is 1.37 bits per heavy atom. The lowest BCUT2D eigenvalue weighted by atomic mass is 9.97. The van der Waals surface area contributed by atoms with Gasteiger partial charge in [-0.15, -0.1) is 0 Å². The van der Waals surface area contributed by atoms with Crippen LogP contribution in [0.3, 0.4) is 0 Å². The average Bonchev–Trinajstić information content (AvgIpc) is 2.66. The molecule has 0 unspecified atom stereocenters. The number of aromatic nitrogens is 1. The molecule has 1 aromatic heterocycles. The molecule has 3 atom stereocenters. The third-order valence-electron chi connectivity index (χ3n) is 3.76. The Bertz CT molecular complexity index is 440. The molecule has 2 rings (SSSR count). The molecule has 5 heteroatoms. The summed E-state index contributed by atoms with van der Waals surface area (Å²) in [6, 6.07) is 0.675. The van der Waals surface area contributed by atoms with Crippen molar-refractivity contribution >= 4 is 5.91 Å². The van der Waals surface area contributed by atoms with E-state index in [0.29, 0.717) is 12.1 Å². The molecule has 0 radical (unpaired) electrons. The summed E-state index contributed by atoms with van der Waals surface area (Å²) in [6.07, 6.45) is 0. The van der Waals surface area contributed by atoms with Gasteiger partial charge in [0.2, 0.25) is 5.91 Å². The summed E-state index contributed by atoms with van der Waals surface area (Å²) in [7, 11) is 0. The van der Waals surface area contributed by atoms with E-state index >= 15 is 0 Å². The summed E-state index contributed by atoms with van der Waals surface area (Å²) in [5, 5.41) is 7.37. The van der Waals surface area contributed by atoms with Crippen LogP contribution in [-0.4, -0.2) is 41.1 Å². The van der Waals surface area contributed by atoms with Crippen molar-refractivity contribution in [3.63, 3.8) is 0 Å². The smallest absolute Gasteiger partial charge is 0.230 e. The van der Waals surface area contributed by atoms with Gasteiger partial charge in [-0.25, -0.2) is 0 Å². The summed E-state index contributed by atoms with van der Waals surface area (Å²) < 4.78 is 5.16. The second-order valence-corrected chi connectivity index (χ2v) is 5.67. The van der Waals surface area contributed by atoms with Crippen LogP contribution >= 0.6 is 0 Å². The van der Waals surface area contributed by atoms with Gasteiger partial charge in [0.05, 0.1) is 11.6 Å². The number of carbonyl (C=O) groups is 1. The van der Waals surface area contributed by atoms with Crippen LogP contribution in [0.4, 0.5) is 0 Å². The minimum absolute atomic E-state index is 0.162. The molecule has 0 spiro atoms. The number of aryl methyl sites for hydroxylation is 2. The summed E-state index contributed by atoms with van der Waals surface area (Å²) in [4.78, 5) is 14.6. The van der Waals surface area contributed by atoms with Crippen molar-refractivity contribution in [3.8, 4) is 0 Å². The first-order valence-electron chi connectivity index (χ1n) is 6.87. The first kappa shape index (κ1) is 14.1. The van der Waals surface area contributed by atoms with Crippen molar-refractivity contribution < 1.29 is 9.32 Å². The number of carbonyl (C=O) groups excluding carboxylic acids is 1. The van der Waals surface area contributed by atoms with Crippen LogP contribution in [0.2, 0.25) is 0 Å². The molecule has 5 nitrogen and oxygen atoms in total. The van der Waals surface area contributed by atoms with Gasteiger partial charge >= 0.3 is 0 Å². The zero-order valence-corrected chi connectivity index (χ0v) is 12.4. The molecular weight excluding hydrogens is 242 g/mol. The molecule has 0 bridgehead atoms. The first-order chi connectivity index (χ1) is 8.90. The van der Waals surface area contributed by atoms with Gasteiger partial charge in [0, 0.05) is 30.7 Å². The van der Waals surface area contributed by atoms with Gasteiger partial charge in [-0.3, -0.25) is 4.79 Å². The van der Waals surface area contributed by atoms with Crippen LogP contribution in [0.15, 0.2) is 4.52 Å². The van der Waals surface area contributed by atoms with Gasteiger partial charge in [-0.1, -0.05) is 5.16 Å². The Morgan fingerprint density at radius 3 is 2.42 bits per heavy atom. The van der Waals surface area contributed by atoms with Crippen molar-refractivity contribution in [1.82, 2.24) is 15.4 Å². The van der Waals surface area contributed by atoms with Crippen LogP contribution in [-0.2, 0) is 4.79 Å². The zero-order chi connectivity index (χ0) is 14.2. The van der Waals surface area contributed by atoms with E-state index in [9.17, 15) is 4.79 Å².